The zero-order valence-electron chi connectivity index (χ0n) is 7.10. The first-order valence-corrected chi connectivity index (χ1v) is 3.76. The Morgan fingerprint density at radius 3 is 2.69 bits per heavy atom. The van der Waals surface area contributed by atoms with Gasteiger partial charge in [-0.25, -0.2) is 4.39 Å². The number of azide groups is 1. The van der Waals surface area contributed by atoms with Crippen LogP contribution >= 0.6 is 0 Å². The van der Waals surface area contributed by atoms with Crippen molar-refractivity contribution >= 4 is 0 Å². The Morgan fingerprint density at radius 2 is 2.08 bits per heavy atom. The molecule has 0 aliphatic carbocycles. The highest BCUT2D eigenvalue weighted by atomic mass is 19.1. The number of alkyl halides is 1. The van der Waals surface area contributed by atoms with Gasteiger partial charge in [-0.15, -0.1) is 0 Å². The summed E-state index contributed by atoms with van der Waals surface area (Å²) in [5.74, 6) is 0. The standard InChI is InChI=1S/C6H12FN3O3/c7-6(9-10-8)5-13-4-3-12-2-1-11/h6,11H,1-5H2. The second kappa shape index (κ2) is 9.21. The molecule has 0 aliphatic rings. The molecule has 0 fully saturated rings. The summed E-state index contributed by atoms with van der Waals surface area (Å²) in [5.41, 5.74) is 7.82. The zero-order valence-corrected chi connectivity index (χ0v) is 7.10. The minimum Gasteiger partial charge on any atom is -0.394 e. The molecule has 0 saturated heterocycles. The number of hydrogen-bond acceptors (Lipinski definition) is 4. The molecule has 7 heteroatoms. The Hall–Kier alpha value is -0.880. The molecule has 76 valence electrons. The van der Waals surface area contributed by atoms with Crippen LogP contribution in [0.4, 0.5) is 4.39 Å². The predicted molar refractivity (Wildman–Crippen MR) is 42.8 cm³/mol. The Kier molecular flexibility index (Phi) is 8.59. The predicted octanol–water partition coefficient (Wildman–Crippen LogP) is 0.618. The van der Waals surface area contributed by atoms with Gasteiger partial charge >= 0.3 is 0 Å². The average Bonchev–Trinajstić information content (AvgIpc) is 2.11. The molecule has 0 radical (unpaired) electrons. The van der Waals surface area contributed by atoms with E-state index >= 15 is 0 Å². The van der Waals surface area contributed by atoms with Crippen LogP contribution in [0.3, 0.4) is 0 Å². The largest absolute Gasteiger partial charge is 0.394 e. The van der Waals surface area contributed by atoms with Crippen molar-refractivity contribution in [1.29, 1.82) is 0 Å². The van der Waals surface area contributed by atoms with Gasteiger partial charge in [0, 0.05) is 4.91 Å². The van der Waals surface area contributed by atoms with Crippen LogP contribution in [0.1, 0.15) is 0 Å². The fraction of sp³-hybridized carbons (Fsp3) is 1.00. The SMILES string of the molecule is [N-]=[N+]=NC(F)COCCOCCO. The minimum absolute atomic E-state index is 0.0511. The van der Waals surface area contributed by atoms with Crippen LogP contribution in [0.2, 0.25) is 0 Å². The molecule has 0 amide bonds. The maximum Gasteiger partial charge on any atom is 0.201 e. The lowest BCUT2D eigenvalue weighted by Crippen LogP contribution is -2.12. The Morgan fingerprint density at radius 1 is 1.38 bits per heavy atom. The summed E-state index contributed by atoms with van der Waals surface area (Å²) in [6.45, 7) is 0.403. The molecule has 0 aromatic heterocycles. The van der Waals surface area contributed by atoms with Gasteiger partial charge in [0.15, 0.2) is 0 Å². The Balaban J connectivity index is 3.11. The number of hydrogen-bond donors (Lipinski definition) is 1. The van der Waals surface area contributed by atoms with Gasteiger partial charge in [-0.05, 0) is 5.53 Å². The molecule has 0 aromatic carbocycles. The average molecular weight is 193 g/mol. The summed E-state index contributed by atoms with van der Waals surface area (Å²) in [6, 6.07) is 0. The molecule has 0 rings (SSSR count). The molecule has 0 saturated carbocycles. The van der Waals surface area contributed by atoms with Gasteiger partial charge in [0.05, 0.1) is 33.0 Å². The van der Waals surface area contributed by atoms with Crippen molar-refractivity contribution in [3.05, 3.63) is 10.4 Å². The highest BCUT2D eigenvalue weighted by Crippen LogP contribution is 1.93. The third-order valence-corrected chi connectivity index (χ3v) is 1.04. The third-order valence-electron chi connectivity index (χ3n) is 1.04. The van der Waals surface area contributed by atoms with Crippen LogP contribution in [0, 0.1) is 0 Å². The summed E-state index contributed by atoms with van der Waals surface area (Å²) in [6.07, 6.45) is -1.65. The Labute approximate surface area is 74.9 Å². The van der Waals surface area contributed by atoms with Crippen LogP contribution in [0.25, 0.3) is 10.4 Å². The van der Waals surface area contributed by atoms with Crippen LogP contribution in [-0.2, 0) is 9.47 Å². The number of nitrogens with zero attached hydrogens (tertiary/aromatic N) is 3. The minimum atomic E-state index is -1.65. The van der Waals surface area contributed by atoms with E-state index in [1.54, 1.807) is 0 Å². The maximum atomic E-state index is 12.4. The van der Waals surface area contributed by atoms with Gasteiger partial charge in [-0.3, -0.25) is 0 Å². The molecule has 0 bridgehead atoms. The normalized spacial score (nSPS) is 12.2. The van der Waals surface area contributed by atoms with Crippen LogP contribution < -0.4 is 0 Å². The van der Waals surface area contributed by atoms with E-state index in [1.165, 1.54) is 0 Å². The van der Waals surface area contributed by atoms with E-state index in [4.69, 9.17) is 20.1 Å². The number of halogens is 1. The molecule has 1 atom stereocenters. The third kappa shape index (κ3) is 9.03. The van der Waals surface area contributed by atoms with Crippen molar-refractivity contribution in [3.8, 4) is 0 Å². The molecule has 6 nitrogen and oxygen atoms in total. The second-order valence-corrected chi connectivity index (χ2v) is 2.05. The van der Waals surface area contributed by atoms with E-state index in [9.17, 15) is 4.39 Å². The van der Waals surface area contributed by atoms with Crippen molar-refractivity contribution in [1.82, 2.24) is 0 Å². The first-order valence-electron chi connectivity index (χ1n) is 3.76. The topological polar surface area (TPSA) is 87.5 Å². The van der Waals surface area contributed by atoms with Gasteiger partial charge in [-0.1, -0.05) is 5.11 Å². The maximum absolute atomic E-state index is 12.4. The van der Waals surface area contributed by atoms with E-state index in [1.807, 2.05) is 0 Å². The van der Waals surface area contributed by atoms with Crippen molar-refractivity contribution in [2.24, 2.45) is 5.11 Å². The Bertz CT molecular complexity index is 163. The molecular formula is C6H12FN3O3. The molecule has 0 aromatic rings. The molecule has 0 aliphatic heterocycles. The first-order chi connectivity index (χ1) is 6.31. The van der Waals surface area contributed by atoms with Crippen molar-refractivity contribution in [2.75, 3.05) is 33.0 Å². The van der Waals surface area contributed by atoms with Crippen LogP contribution in [0.5, 0.6) is 0 Å². The van der Waals surface area contributed by atoms with E-state index in [2.05, 4.69) is 10.0 Å². The fourth-order valence-corrected chi connectivity index (χ4v) is 0.554. The summed E-state index contributed by atoms with van der Waals surface area (Å²) in [5, 5.41) is 11.1. The molecule has 1 N–H and O–H groups in total. The van der Waals surface area contributed by atoms with Gasteiger partial charge in [0.1, 0.15) is 0 Å². The summed E-state index contributed by atoms with van der Waals surface area (Å²) >= 11 is 0. The molecule has 0 spiro atoms. The zero-order chi connectivity index (χ0) is 9.94. The number of rotatable bonds is 8. The van der Waals surface area contributed by atoms with E-state index in [0.29, 0.717) is 0 Å². The van der Waals surface area contributed by atoms with E-state index < -0.39 is 6.30 Å². The quantitative estimate of drug-likeness (QED) is 0.201. The van der Waals surface area contributed by atoms with Gasteiger partial charge in [-0.2, -0.15) is 0 Å². The molecule has 13 heavy (non-hydrogen) atoms. The monoisotopic (exact) mass is 193 g/mol. The number of aliphatic hydroxyl groups is 1. The number of ether oxygens (including phenoxy) is 2. The lowest BCUT2D eigenvalue weighted by Gasteiger charge is -2.04. The molecule has 0 heterocycles. The molecule has 1 unspecified atom stereocenters. The first kappa shape index (κ1) is 12.1. The van der Waals surface area contributed by atoms with Crippen LogP contribution in [0.15, 0.2) is 5.11 Å². The summed E-state index contributed by atoms with van der Waals surface area (Å²) < 4.78 is 21.9. The highest BCUT2D eigenvalue weighted by molar-refractivity contribution is 4.51. The van der Waals surface area contributed by atoms with Crippen molar-refractivity contribution in [2.45, 2.75) is 6.30 Å². The summed E-state index contributed by atoms with van der Waals surface area (Å²) in [4.78, 5) is 2.27. The second-order valence-electron chi connectivity index (χ2n) is 2.05. The van der Waals surface area contributed by atoms with Gasteiger partial charge in [0.25, 0.3) is 0 Å². The lowest BCUT2D eigenvalue weighted by molar-refractivity contribution is 0.0175. The van der Waals surface area contributed by atoms with Gasteiger partial charge < -0.3 is 14.6 Å². The van der Waals surface area contributed by atoms with Crippen molar-refractivity contribution in [3.63, 3.8) is 0 Å². The van der Waals surface area contributed by atoms with E-state index in [0.717, 1.165) is 0 Å². The van der Waals surface area contributed by atoms with Crippen molar-refractivity contribution < 1.29 is 19.0 Å². The number of aliphatic hydroxyl groups excluding tert-OH is 1. The molecular weight excluding hydrogens is 181 g/mol. The smallest absolute Gasteiger partial charge is 0.201 e. The summed E-state index contributed by atoms with van der Waals surface area (Å²) in [7, 11) is 0. The highest BCUT2D eigenvalue weighted by Gasteiger charge is 2.01. The lowest BCUT2D eigenvalue weighted by atomic mass is 10.6. The van der Waals surface area contributed by atoms with Gasteiger partial charge in [0.2, 0.25) is 6.30 Å². The van der Waals surface area contributed by atoms with E-state index in [-0.39, 0.29) is 33.0 Å². The van der Waals surface area contributed by atoms with Crippen LogP contribution in [-0.4, -0.2) is 44.4 Å². The fourth-order valence-electron chi connectivity index (χ4n) is 0.554.